The Morgan fingerprint density at radius 1 is 1.26 bits per heavy atom. The van der Waals surface area contributed by atoms with Gasteiger partial charge in [-0.25, -0.2) is 0 Å². The van der Waals surface area contributed by atoms with Crippen LogP contribution >= 0.6 is 0 Å². The van der Waals surface area contributed by atoms with Gasteiger partial charge in [0.1, 0.15) is 11.6 Å². The van der Waals surface area contributed by atoms with Gasteiger partial charge in [0, 0.05) is 6.04 Å². The van der Waals surface area contributed by atoms with Gasteiger partial charge in [-0.05, 0) is 31.1 Å². The molecule has 2 amide bonds. The van der Waals surface area contributed by atoms with Crippen molar-refractivity contribution in [1.29, 1.82) is 0 Å². The Labute approximate surface area is 114 Å². The lowest BCUT2D eigenvalue weighted by Gasteiger charge is -2.46. The molecule has 3 aliphatic rings. The molecule has 106 valence electrons. The van der Waals surface area contributed by atoms with Crippen molar-refractivity contribution in [2.75, 3.05) is 0 Å². The molecular weight excluding hydrogens is 240 g/mol. The van der Waals surface area contributed by atoms with Crippen molar-refractivity contribution in [3.63, 3.8) is 0 Å². The molecule has 1 N–H and O–H groups in total. The number of hydrogen-bond donors (Lipinski definition) is 1. The van der Waals surface area contributed by atoms with Crippen LogP contribution in [-0.2, 0) is 9.59 Å². The number of carbonyl (C=O) groups excluding carboxylic acids is 2. The molecule has 1 saturated heterocycles. The number of piperazine rings is 1. The summed E-state index contributed by atoms with van der Waals surface area (Å²) in [5, 5.41) is 3.07. The summed E-state index contributed by atoms with van der Waals surface area (Å²) in [6, 6.07) is 0.0251. The van der Waals surface area contributed by atoms with Crippen LogP contribution in [0.4, 0.5) is 0 Å². The number of rotatable bonds is 2. The van der Waals surface area contributed by atoms with Gasteiger partial charge in [-0.2, -0.15) is 0 Å². The molecule has 0 aromatic carbocycles. The van der Waals surface area contributed by atoms with E-state index in [1.54, 1.807) is 0 Å². The molecule has 2 saturated carbocycles. The molecule has 1 aliphatic heterocycles. The Morgan fingerprint density at radius 2 is 1.84 bits per heavy atom. The second-order valence-electron chi connectivity index (χ2n) is 6.96. The van der Waals surface area contributed by atoms with Gasteiger partial charge < -0.3 is 10.2 Å². The average molecular weight is 264 g/mol. The SMILES string of the molecule is CC(C)C1C(=O)NC2(CCCC2)C(=O)N1C1CC1C. The zero-order valence-electron chi connectivity index (χ0n) is 12.1. The highest BCUT2D eigenvalue weighted by atomic mass is 16.2. The van der Waals surface area contributed by atoms with Crippen LogP contribution in [0.5, 0.6) is 0 Å². The predicted molar refractivity (Wildman–Crippen MR) is 72.4 cm³/mol. The molecule has 0 aromatic rings. The second-order valence-corrected chi connectivity index (χ2v) is 6.96. The summed E-state index contributed by atoms with van der Waals surface area (Å²) in [5.41, 5.74) is -0.565. The van der Waals surface area contributed by atoms with E-state index in [9.17, 15) is 9.59 Å². The van der Waals surface area contributed by atoms with E-state index in [-0.39, 0.29) is 23.8 Å². The number of nitrogens with one attached hydrogen (secondary N) is 1. The van der Waals surface area contributed by atoms with Crippen LogP contribution in [0.25, 0.3) is 0 Å². The summed E-state index contributed by atoms with van der Waals surface area (Å²) in [5.74, 6) is 0.985. The normalized spacial score (nSPS) is 37.1. The molecule has 0 radical (unpaired) electrons. The first-order chi connectivity index (χ1) is 8.96. The Hall–Kier alpha value is -1.06. The van der Waals surface area contributed by atoms with Crippen LogP contribution < -0.4 is 5.32 Å². The molecule has 1 heterocycles. The van der Waals surface area contributed by atoms with Crippen LogP contribution in [0.3, 0.4) is 0 Å². The summed E-state index contributed by atoms with van der Waals surface area (Å²) < 4.78 is 0. The fourth-order valence-electron chi connectivity index (χ4n) is 3.85. The summed E-state index contributed by atoms with van der Waals surface area (Å²) in [7, 11) is 0. The number of carbonyl (C=O) groups is 2. The molecule has 4 heteroatoms. The monoisotopic (exact) mass is 264 g/mol. The van der Waals surface area contributed by atoms with Crippen molar-refractivity contribution in [1.82, 2.24) is 10.2 Å². The fraction of sp³-hybridized carbons (Fsp3) is 0.867. The minimum atomic E-state index is -0.565. The average Bonchev–Trinajstić information content (AvgIpc) is 2.87. The lowest BCUT2D eigenvalue weighted by atomic mass is 9.87. The van der Waals surface area contributed by atoms with Crippen LogP contribution in [0.1, 0.15) is 52.9 Å². The number of hydrogen-bond acceptors (Lipinski definition) is 2. The smallest absolute Gasteiger partial charge is 0.249 e. The van der Waals surface area contributed by atoms with E-state index in [0.717, 1.165) is 32.1 Å². The van der Waals surface area contributed by atoms with Crippen molar-refractivity contribution in [2.45, 2.75) is 70.5 Å². The van der Waals surface area contributed by atoms with Gasteiger partial charge in [0.25, 0.3) is 0 Å². The Morgan fingerprint density at radius 3 is 2.32 bits per heavy atom. The third-order valence-electron chi connectivity index (χ3n) is 5.09. The van der Waals surface area contributed by atoms with Crippen LogP contribution in [0.15, 0.2) is 0 Å². The number of amides is 2. The van der Waals surface area contributed by atoms with Gasteiger partial charge in [-0.1, -0.05) is 33.6 Å². The largest absolute Gasteiger partial charge is 0.340 e. The third kappa shape index (κ3) is 1.87. The molecule has 3 rings (SSSR count). The first-order valence-electron chi connectivity index (χ1n) is 7.61. The molecule has 0 bridgehead atoms. The second kappa shape index (κ2) is 4.22. The van der Waals surface area contributed by atoms with Gasteiger partial charge in [-0.15, -0.1) is 0 Å². The highest BCUT2D eigenvalue weighted by molar-refractivity contribution is 6.00. The van der Waals surface area contributed by atoms with Gasteiger partial charge in [0.2, 0.25) is 11.8 Å². The summed E-state index contributed by atoms with van der Waals surface area (Å²) in [6.45, 7) is 6.23. The van der Waals surface area contributed by atoms with E-state index in [0.29, 0.717) is 12.0 Å². The van der Waals surface area contributed by atoms with E-state index in [2.05, 4.69) is 12.2 Å². The van der Waals surface area contributed by atoms with E-state index < -0.39 is 5.54 Å². The molecule has 0 aromatic heterocycles. The molecule has 3 atom stereocenters. The maximum absolute atomic E-state index is 12.9. The topological polar surface area (TPSA) is 49.4 Å². The molecule has 3 unspecified atom stereocenters. The Bertz CT molecular complexity index is 412. The predicted octanol–water partition coefficient (Wildman–Crippen LogP) is 1.69. The fourth-order valence-corrected chi connectivity index (χ4v) is 3.85. The number of nitrogens with zero attached hydrogens (tertiary/aromatic N) is 1. The van der Waals surface area contributed by atoms with Gasteiger partial charge in [-0.3, -0.25) is 9.59 Å². The zero-order valence-corrected chi connectivity index (χ0v) is 12.1. The van der Waals surface area contributed by atoms with Crippen LogP contribution in [0, 0.1) is 11.8 Å². The third-order valence-corrected chi connectivity index (χ3v) is 5.09. The van der Waals surface area contributed by atoms with Gasteiger partial charge in [0.15, 0.2) is 0 Å². The van der Waals surface area contributed by atoms with E-state index in [4.69, 9.17) is 0 Å². The van der Waals surface area contributed by atoms with Gasteiger partial charge in [0.05, 0.1) is 0 Å². The molecule has 1 spiro atoms. The van der Waals surface area contributed by atoms with Crippen LogP contribution in [-0.4, -0.2) is 34.3 Å². The van der Waals surface area contributed by atoms with Crippen molar-refractivity contribution in [2.24, 2.45) is 11.8 Å². The van der Waals surface area contributed by atoms with Crippen LogP contribution in [0.2, 0.25) is 0 Å². The molecule has 4 nitrogen and oxygen atoms in total. The maximum atomic E-state index is 12.9. The molecular formula is C15H24N2O2. The highest BCUT2D eigenvalue weighted by Gasteiger charge is 2.57. The van der Waals surface area contributed by atoms with Crippen molar-refractivity contribution in [3.05, 3.63) is 0 Å². The van der Waals surface area contributed by atoms with Gasteiger partial charge >= 0.3 is 0 Å². The lowest BCUT2D eigenvalue weighted by molar-refractivity contribution is -0.157. The zero-order chi connectivity index (χ0) is 13.8. The molecule has 3 fully saturated rings. The minimum absolute atomic E-state index is 0.0654. The summed E-state index contributed by atoms with van der Waals surface area (Å²) in [6.07, 6.45) is 4.79. The maximum Gasteiger partial charge on any atom is 0.249 e. The highest BCUT2D eigenvalue weighted by Crippen LogP contribution is 2.43. The first kappa shape index (κ1) is 12.9. The van der Waals surface area contributed by atoms with Crippen molar-refractivity contribution >= 4 is 11.8 Å². The summed E-state index contributed by atoms with van der Waals surface area (Å²) in [4.78, 5) is 27.4. The quantitative estimate of drug-likeness (QED) is 0.825. The standard InChI is InChI=1S/C15H24N2O2/c1-9(2)12-13(18)16-15(6-4-5-7-15)14(19)17(12)11-8-10(11)3/h9-12H,4-8H2,1-3H3,(H,16,18). The minimum Gasteiger partial charge on any atom is -0.340 e. The Balaban J connectivity index is 1.94. The molecule has 2 aliphatic carbocycles. The van der Waals surface area contributed by atoms with Crippen molar-refractivity contribution < 1.29 is 9.59 Å². The van der Waals surface area contributed by atoms with E-state index in [1.165, 1.54) is 0 Å². The Kier molecular flexibility index (Phi) is 2.88. The lowest BCUT2D eigenvalue weighted by Crippen LogP contribution is -2.71. The molecule has 19 heavy (non-hydrogen) atoms. The van der Waals surface area contributed by atoms with E-state index >= 15 is 0 Å². The first-order valence-corrected chi connectivity index (χ1v) is 7.61. The summed E-state index contributed by atoms with van der Waals surface area (Å²) >= 11 is 0. The van der Waals surface area contributed by atoms with E-state index in [1.807, 2.05) is 18.7 Å². The van der Waals surface area contributed by atoms with Crippen molar-refractivity contribution in [3.8, 4) is 0 Å².